The largest absolute Gasteiger partial charge is 0.322 e. The lowest BCUT2D eigenvalue weighted by Gasteiger charge is -2.43. The van der Waals surface area contributed by atoms with E-state index in [0.717, 1.165) is 15.2 Å². The molecule has 0 aliphatic carbocycles. The molecule has 6 nitrogen and oxygen atoms in total. The van der Waals surface area contributed by atoms with Crippen molar-refractivity contribution in [3.8, 4) is 0 Å². The van der Waals surface area contributed by atoms with Gasteiger partial charge in [-0.05, 0) is 44.4 Å². The summed E-state index contributed by atoms with van der Waals surface area (Å²) in [6.45, 7) is 5.37. The second kappa shape index (κ2) is 6.61. The molecule has 0 saturated carbocycles. The SMILES string of the molecule is CC(Sc1ncnc2ccsc12)C(=O)N1c2ccccc2NC(=O)C1(C)C. The van der Waals surface area contributed by atoms with Crippen molar-refractivity contribution in [2.75, 3.05) is 10.2 Å². The number of anilines is 2. The molecule has 1 unspecified atom stereocenters. The fourth-order valence-corrected chi connectivity index (χ4v) is 4.97. The number of rotatable bonds is 3. The van der Waals surface area contributed by atoms with Crippen LogP contribution in [0.4, 0.5) is 11.4 Å². The van der Waals surface area contributed by atoms with Crippen LogP contribution in [0.1, 0.15) is 20.8 Å². The van der Waals surface area contributed by atoms with E-state index in [0.29, 0.717) is 11.4 Å². The van der Waals surface area contributed by atoms with Crippen molar-refractivity contribution in [1.29, 1.82) is 0 Å². The van der Waals surface area contributed by atoms with Crippen molar-refractivity contribution in [3.63, 3.8) is 0 Å². The number of thioether (sulfide) groups is 1. The topological polar surface area (TPSA) is 75.2 Å². The van der Waals surface area contributed by atoms with Gasteiger partial charge in [0.15, 0.2) is 0 Å². The van der Waals surface area contributed by atoms with Crippen LogP contribution in [0.2, 0.25) is 0 Å². The average molecular weight is 399 g/mol. The van der Waals surface area contributed by atoms with E-state index in [9.17, 15) is 9.59 Å². The number of benzene rings is 1. The maximum Gasteiger partial charge on any atom is 0.250 e. The van der Waals surface area contributed by atoms with Crippen LogP contribution >= 0.6 is 23.1 Å². The highest BCUT2D eigenvalue weighted by molar-refractivity contribution is 8.00. The fraction of sp³-hybridized carbons (Fsp3) is 0.263. The predicted octanol–water partition coefficient (Wildman–Crippen LogP) is 3.94. The van der Waals surface area contributed by atoms with Gasteiger partial charge in [-0.1, -0.05) is 23.9 Å². The van der Waals surface area contributed by atoms with E-state index < -0.39 is 10.8 Å². The number of carbonyl (C=O) groups excluding carboxylic acids is 2. The van der Waals surface area contributed by atoms with Crippen LogP contribution in [0, 0.1) is 0 Å². The summed E-state index contributed by atoms with van der Waals surface area (Å²) in [7, 11) is 0. The maximum absolute atomic E-state index is 13.4. The van der Waals surface area contributed by atoms with Crippen molar-refractivity contribution in [2.45, 2.75) is 36.6 Å². The van der Waals surface area contributed by atoms with Gasteiger partial charge in [0.2, 0.25) is 11.8 Å². The summed E-state index contributed by atoms with van der Waals surface area (Å²) in [6.07, 6.45) is 1.52. The van der Waals surface area contributed by atoms with Gasteiger partial charge in [-0.25, -0.2) is 9.97 Å². The maximum atomic E-state index is 13.4. The van der Waals surface area contributed by atoms with Gasteiger partial charge in [-0.3, -0.25) is 14.5 Å². The highest BCUT2D eigenvalue weighted by atomic mass is 32.2. The average Bonchev–Trinajstić information content (AvgIpc) is 3.12. The summed E-state index contributed by atoms with van der Waals surface area (Å²) in [5, 5.41) is 5.22. The molecule has 2 amide bonds. The van der Waals surface area contributed by atoms with Crippen molar-refractivity contribution < 1.29 is 9.59 Å². The van der Waals surface area contributed by atoms with Crippen LogP contribution in [0.3, 0.4) is 0 Å². The van der Waals surface area contributed by atoms with E-state index in [-0.39, 0.29) is 11.8 Å². The number of para-hydroxylation sites is 2. The van der Waals surface area contributed by atoms with E-state index in [1.807, 2.05) is 36.6 Å². The normalized spacial score (nSPS) is 16.7. The third-order valence-corrected chi connectivity index (χ3v) is 6.70. The number of nitrogens with one attached hydrogen (secondary N) is 1. The Hall–Kier alpha value is -2.45. The van der Waals surface area contributed by atoms with Gasteiger partial charge in [-0.15, -0.1) is 11.3 Å². The van der Waals surface area contributed by atoms with Gasteiger partial charge in [0.25, 0.3) is 0 Å². The number of amides is 2. The molecule has 0 bridgehead atoms. The molecular weight excluding hydrogens is 380 g/mol. The van der Waals surface area contributed by atoms with Crippen molar-refractivity contribution in [2.24, 2.45) is 0 Å². The molecule has 1 aromatic carbocycles. The van der Waals surface area contributed by atoms with Gasteiger partial charge in [0.05, 0.1) is 26.8 Å². The lowest BCUT2D eigenvalue weighted by molar-refractivity contribution is -0.126. The number of nitrogens with zero attached hydrogens (tertiary/aromatic N) is 3. The summed E-state index contributed by atoms with van der Waals surface area (Å²) >= 11 is 2.95. The first-order chi connectivity index (χ1) is 12.9. The zero-order valence-corrected chi connectivity index (χ0v) is 16.7. The molecule has 4 rings (SSSR count). The first-order valence-corrected chi connectivity index (χ1v) is 10.2. The second-order valence-corrected chi connectivity index (χ2v) is 9.02. The van der Waals surface area contributed by atoms with E-state index in [2.05, 4.69) is 15.3 Å². The Morgan fingerprint density at radius 3 is 2.85 bits per heavy atom. The van der Waals surface area contributed by atoms with E-state index in [1.165, 1.54) is 18.1 Å². The molecule has 2 aromatic heterocycles. The molecule has 3 aromatic rings. The highest BCUT2D eigenvalue weighted by Crippen LogP contribution is 2.39. The minimum atomic E-state index is -0.982. The Bertz CT molecular complexity index is 1050. The Kier molecular flexibility index (Phi) is 4.39. The molecule has 27 heavy (non-hydrogen) atoms. The third-order valence-electron chi connectivity index (χ3n) is 4.57. The Balaban J connectivity index is 1.68. The van der Waals surface area contributed by atoms with Gasteiger partial charge in [-0.2, -0.15) is 0 Å². The zero-order chi connectivity index (χ0) is 19.2. The Labute approximate surface area is 165 Å². The molecule has 138 valence electrons. The van der Waals surface area contributed by atoms with Crippen LogP contribution in [-0.4, -0.2) is 32.6 Å². The number of hydrogen-bond acceptors (Lipinski definition) is 6. The van der Waals surface area contributed by atoms with Gasteiger partial charge >= 0.3 is 0 Å². The summed E-state index contributed by atoms with van der Waals surface area (Å²) in [5.74, 6) is -0.329. The minimum absolute atomic E-state index is 0.129. The van der Waals surface area contributed by atoms with Crippen molar-refractivity contribution in [3.05, 3.63) is 42.0 Å². The summed E-state index contributed by atoms with van der Waals surface area (Å²) < 4.78 is 0.971. The van der Waals surface area contributed by atoms with Gasteiger partial charge in [0.1, 0.15) is 16.9 Å². The fourth-order valence-electron chi connectivity index (χ4n) is 3.10. The molecule has 0 saturated heterocycles. The monoisotopic (exact) mass is 398 g/mol. The minimum Gasteiger partial charge on any atom is -0.322 e. The number of thiophene rings is 1. The Morgan fingerprint density at radius 1 is 1.26 bits per heavy atom. The third kappa shape index (κ3) is 2.98. The lowest BCUT2D eigenvalue weighted by Crippen LogP contribution is -2.60. The molecule has 0 fully saturated rings. The smallest absolute Gasteiger partial charge is 0.250 e. The lowest BCUT2D eigenvalue weighted by atomic mass is 9.96. The quantitative estimate of drug-likeness (QED) is 0.534. The van der Waals surface area contributed by atoms with Crippen LogP contribution in [-0.2, 0) is 9.59 Å². The molecule has 8 heteroatoms. The first kappa shape index (κ1) is 17.9. The molecule has 0 spiro atoms. The van der Waals surface area contributed by atoms with Gasteiger partial charge < -0.3 is 5.32 Å². The summed E-state index contributed by atoms with van der Waals surface area (Å²) in [5.41, 5.74) is 1.25. The highest BCUT2D eigenvalue weighted by Gasteiger charge is 2.44. The second-order valence-electron chi connectivity index (χ2n) is 6.78. The molecule has 1 aliphatic heterocycles. The molecule has 3 heterocycles. The van der Waals surface area contributed by atoms with Crippen LogP contribution in [0.5, 0.6) is 0 Å². The van der Waals surface area contributed by atoms with Crippen LogP contribution < -0.4 is 10.2 Å². The van der Waals surface area contributed by atoms with Gasteiger partial charge in [0, 0.05) is 0 Å². The summed E-state index contributed by atoms with van der Waals surface area (Å²) in [4.78, 5) is 36.2. The predicted molar refractivity (Wildman–Crippen MR) is 109 cm³/mol. The van der Waals surface area contributed by atoms with Crippen LogP contribution in [0.25, 0.3) is 10.2 Å². The number of aromatic nitrogens is 2. The Morgan fingerprint density at radius 2 is 2.04 bits per heavy atom. The molecular formula is C19H18N4O2S2. The van der Waals surface area contributed by atoms with E-state index in [4.69, 9.17) is 0 Å². The van der Waals surface area contributed by atoms with E-state index >= 15 is 0 Å². The van der Waals surface area contributed by atoms with E-state index in [1.54, 1.807) is 36.2 Å². The first-order valence-electron chi connectivity index (χ1n) is 8.49. The molecule has 1 aliphatic rings. The molecule has 0 radical (unpaired) electrons. The molecule has 1 N–H and O–H groups in total. The summed E-state index contributed by atoms with van der Waals surface area (Å²) in [6, 6.07) is 9.30. The van der Waals surface area contributed by atoms with Crippen molar-refractivity contribution >= 4 is 56.5 Å². The van der Waals surface area contributed by atoms with Crippen LogP contribution in [0.15, 0.2) is 47.1 Å². The van der Waals surface area contributed by atoms with Crippen molar-refractivity contribution in [1.82, 2.24) is 9.97 Å². The zero-order valence-electron chi connectivity index (χ0n) is 15.1. The molecule has 1 atom stereocenters. The number of fused-ring (bicyclic) bond motifs is 2. The number of hydrogen-bond donors (Lipinski definition) is 1. The standard InChI is InChI=1S/C19H18N4O2S2/c1-11(27-16-15-13(8-9-26-15)20-10-21-16)17(24)23-14-7-5-4-6-12(14)22-18(25)19(23,2)3/h4-11H,1-3H3,(H,22,25). The number of carbonyl (C=O) groups is 2.